The molecule has 0 bridgehead atoms. The maximum atomic E-state index is 12.4. The molecule has 0 spiro atoms. The molecule has 8 nitrogen and oxygen atoms in total. The van der Waals surface area contributed by atoms with Gasteiger partial charge in [0.05, 0.1) is 19.8 Å². The van der Waals surface area contributed by atoms with Gasteiger partial charge in [0, 0.05) is 30.9 Å². The van der Waals surface area contributed by atoms with Crippen molar-refractivity contribution in [2.75, 3.05) is 27.4 Å². The smallest absolute Gasteiger partial charge is 0.227 e. The van der Waals surface area contributed by atoms with Crippen molar-refractivity contribution >= 4 is 17.2 Å². The molecule has 0 radical (unpaired) electrons. The molecular formula is C21H25N3O5S. The summed E-state index contributed by atoms with van der Waals surface area (Å²) in [4.78, 5) is 16.7. The summed E-state index contributed by atoms with van der Waals surface area (Å²) in [6, 6.07) is 7.33. The zero-order valence-electron chi connectivity index (χ0n) is 17.2. The molecule has 0 aliphatic rings. The number of aromatic nitrogens is 2. The van der Waals surface area contributed by atoms with Gasteiger partial charge in [-0.3, -0.25) is 4.79 Å². The molecule has 30 heavy (non-hydrogen) atoms. The lowest BCUT2D eigenvalue weighted by Gasteiger charge is -2.17. The number of carbonyl (C=O) groups is 1. The fraction of sp³-hybridized carbons (Fsp3) is 0.381. The van der Waals surface area contributed by atoms with Crippen LogP contribution in [0, 0.1) is 0 Å². The standard InChI is InChI=1S/C21H25N3O5S/c1-14(15-4-5-17(18(12-15)27-3)28-10-9-26-2)22-19(25)6-7-20-23-21(24-29-20)16-8-11-30-13-16/h4-5,8,11-14H,6-7,9-10H2,1-3H3,(H,22,25). The Morgan fingerprint density at radius 1 is 1.23 bits per heavy atom. The van der Waals surface area contributed by atoms with Crippen molar-refractivity contribution in [3.63, 3.8) is 0 Å². The molecule has 1 atom stereocenters. The third-order valence-electron chi connectivity index (χ3n) is 4.42. The van der Waals surface area contributed by atoms with E-state index in [0.29, 0.717) is 42.8 Å². The largest absolute Gasteiger partial charge is 0.493 e. The van der Waals surface area contributed by atoms with Gasteiger partial charge in [0.1, 0.15) is 6.61 Å². The average molecular weight is 432 g/mol. The third kappa shape index (κ3) is 5.80. The van der Waals surface area contributed by atoms with E-state index in [0.717, 1.165) is 11.1 Å². The van der Waals surface area contributed by atoms with E-state index < -0.39 is 0 Å². The van der Waals surface area contributed by atoms with Crippen LogP contribution in [0.2, 0.25) is 0 Å². The molecule has 1 unspecified atom stereocenters. The number of hydrogen-bond donors (Lipinski definition) is 1. The first-order valence-corrected chi connectivity index (χ1v) is 10.5. The summed E-state index contributed by atoms with van der Waals surface area (Å²) in [6.45, 7) is 2.84. The van der Waals surface area contributed by atoms with Gasteiger partial charge < -0.3 is 24.1 Å². The lowest BCUT2D eigenvalue weighted by atomic mass is 10.1. The van der Waals surface area contributed by atoms with E-state index in [2.05, 4.69) is 15.5 Å². The summed E-state index contributed by atoms with van der Waals surface area (Å²) in [6.07, 6.45) is 0.635. The summed E-state index contributed by atoms with van der Waals surface area (Å²) in [7, 11) is 3.20. The number of thiophene rings is 1. The van der Waals surface area contributed by atoms with Crippen LogP contribution in [0.3, 0.4) is 0 Å². The van der Waals surface area contributed by atoms with Gasteiger partial charge in [-0.25, -0.2) is 0 Å². The van der Waals surface area contributed by atoms with E-state index in [1.54, 1.807) is 25.6 Å². The predicted octanol–water partition coefficient (Wildman–Crippen LogP) is 3.64. The first-order valence-electron chi connectivity index (χ1n) is 9.55. The van der Waals surface area contributed by atoms with Gasteiger partial charge in [0.15, 0.2) is 11.5 Å². The maximum absolute atomic E-state index is 12.4. The summed E-state index contributed by atoms with van der Waals surface area (Å²) >= 11 is 1.57. The Hall–Kier alpha value is -2.91. The lowest BCUT2D eigenvalue weighted by molar-refractivity contribution is -0.121. The summed E-state index contributed by atoms with van der Waals surface area (Å²) in [5.74, 6) is 2.13. The van der Waals surface area contributed by atoms with Crippen LogP contribution in [0.1, 0.15) is 30.8 Å². The summed E-state index contributed by atoms with van der Waals surface area (Å²) in [5, 5.41) is 10.8. The van der Waals surface area contributed by atoms with Crippen molar-refractivity contribution in [3.8, 4) is 22.9 Å². The summed E-state index contributed by atoms with van der Waals surface area (Å²) in [5.41, 5.74) is 1.83. The van der Waals surface area contributed by atoms with Gasteiger partial charge in [-0.05, 0) is 36.1 Å². The Bertz CT molecular complexity index is 942. The molecule has 0 fully saturated rings. The lowest BCUT2D eigenvalue weighted by Crippen LogP contribution is -2.26. The number of nitrogens with zero attached hydrogens (tertiary/aromatic N) is 2. The third-order valence-corrected chi connectivity index (χ3v) is 5.11. The van der Waals surface area contributed by atoms with E-state index in [1.807, 2.05) is 41.9 Å². The number of carbonyl (C=O) groups excluding carboxylic acids is 1. The Balaban J connectivity index is 1.52. The van der Waals surface area contributed by atoms with Gasteiger partial charge >= 0.3 is 0 Å². The minimum Gasteiger partial charge on any atom is -0.493 e. The maximum Gasteiger partial charge on any atom is 0.227 e. The van der Waals surface area contributed by atoms with E-state index in [4.69, 9.17) is 18.7 Å². The molecule has 2 heterocycles. The van der Waals surface area contributed by atoms with Crippen molar-refractivity contribution in [3.05, 3.63) is 46.5 Å². The second kappa shape index (κ2) is 10.7. The Morgan fingerprint density at radius 2 is 2.10 bits per heavy atom. The molecule has 1 aromatic carbocycles. The van der Waals surface area contributed by atoms with Crippen molar-refractivity contribution in [1.29, 1.82) is 0 Å². The van der Waals surface area contributed by atoms with Crippen LogP contribution in [-0.4, -0.2) is 43.5 Å². The number of amides is 1. The minimum atomic E-state index is -0.191. The zero-order valence-corrected chi connectivity index (χ0v) is 18.0. The second-order valence-electron chi connectivity index (χ2n) is 6.56. The quantitative estimate of drug-likeness (QED) is 0.463. The van der Waals surface area contributed by atoms with Crippen LogP contribution in [0.4, 0.5) is 0 Å². The molecule has 2 aromatic heterocycles. The number of hydrogen-bond acceptors (Lipinski definition) is 8. The molecule has 3 aromatic rings. The van der Waals surface area contributed by atoms with Gasteiger partial charge in [-0.15, -0.1) is 0 Å². The molecule has 0 saturated heterocycles. The van der Waals surface area contributed by atoms with Gasteiger partial charge in [-0.2, -0.15) is 16.3 Å². The topological polar surface area (TPSA) is 95.7 Å². The van der Waals surface area contributed by atoms with Crippen LogP contribution in [0.25, 0.3) is 11.4 Å². The predicted molar refractivity (Wildman–Crippen MR) is 113 cm³/mol. The van der Waals surface area contributed by atoms with E-state index >= 15 is 0 Å². The number of rotatable bonds is 11. The van der Waals surface area contributed by atoms with Gasteiger partial charge in [-0.1, -0.05) is 11.2 Å². The van der Waals surface area contributed by atoms with E-state index in [-0.39, 0.29) is 18.4 Å². The molecule has 3 rings (SSSR count). The normalized spacial score (nSPS) is 11.8. The highest BCUT2D eigenvalue weighted by Gasteiger charge is 2.15. The van der Waals surface area contributed by atoms with Crippen LogP contribution in [-0.2, 0) is 16.0 Å². The van der Waals surface area contributed by atoms with Crippen molar-refractivity contribution in [2.24, 2.45) is 0 Å². The first kappa shape index (κ1) is 21.8. The highest BCUT2D eigenvalue weighted by molar-refractivity contribution is 7.08. The van der Waals surface area contributed by atoms with Crippen molar-refractivity contribution in [1.82, 2.24) is 15.5 Å². The number of aryl methyl sites for hydroxylation is 1. The molecule has 0 aliphatic carbocycles. The van der Waals surface area contributed by atoms with Gasteiger partial charge in [0.25, 0.3) is 0 Å². The fourth-order valence-electron chi connectivity index (χ4n) is 2.79. The van der Waals surface area contributed by atoms with Crippen LogP contribution in [0.15, 0.2) is 39.5 Å². The highest BCUT2D eigenvalue weighted by Crippen LogP contribution is 2.30. The fourth-order valence-corrected chi connectivity index (χ4v) is 3.42. The van der Waals surface area contributed by atoms with Crippen LogP contribution < -0.4 is 14.8 Å². The molecule has 0 aliphatic heterocycles. The van der Waals surface area contributed by atoms with Crippen LogP contribution >= 0.6 is 11.3 Å². The Kier molecular flexibility index (Phi) is 7.81. The monoisotopic (exact) mass is 431 g/mol. The number of benzene rings is 1. The van der Waals surface area contributed by atoms with E-state index in [1.165, 1.54) is 0 Å². The second-order valence-corrected chi connectivity index (χ2v) is 7.34. The molecule has 9 heteroatoms. The molecule has 1 amide bonds. The van der Waals surface area contributed by atoms with E-state index in [9.17, 15) is 4.79 Å². The summed E-state index contributed by atoms with van der Waals surface area (Å²) < 4.78 is 21.3. The van der Waals surface area contributed by atoms with Gasteiger partial charge in [0.2, 0.25) is 17.6 Å². The number of nitrogens with one attached hydrogen (secondary N) is 1. The van der Waals surface area contributed by atoms with Crippen molar-refractivity contribution < 1.29 is 23.5 Å². The number of methoxy groups -OCH3 is 2. The van der Waals surface area contributed by atoms with Crippen molar-refractivity contribution in [2.45, 2.75) is 25.8 Å². The molecule has 0 saturated carbocycles. The molecule has 160 valence electrons. The molecular weight excluding hydrogens is 406 g/mol. The average Bonchev–Trinajstić information content (AvgIpc) is 3.44. The first-order chi connectivity index (χ1) is 14.6. The number of ether oxygens (including phenoxy) is 3. The highest BCUT2D eigenvalue weighted by atomic mass is 32.1. The Morgan fingerprint density at radius 3 is 2.83 bits per heavy atom. The SMILES string of the molecule is COCCOc1ccc(C(C)NC(=O)CCc2nc(-c3ccsc3)no2)cc1OC. The zero-order chi connectivity index (χ0) is 21.3. The molecule has 1 N–H and O–H groups in total. The van der Waals surface area contributed by atoms with Crippen LogP contribution in [0.5, 0.6) is 11.5 Å². The Labute approximate surface area is 179 Å². The minimum absolute atomic E-state index is 0.0998.